The lowest BCUT2D eigenvalue weighted by Gasteiger charge is -2.12. The second-order valence-corrected chi connectivity index (χ2v) is 9.06. The predicted molar refractivity (Wildman–Crippen MR) is 152 cm³/mol. The third-order valence-corrected chi connectivity index (χ3v) is 6.66. The SMILES string of the molecule is COc1ccc(-n2c(/C=C/c3c(-c4ccc(Cl)cc4)[nH]c4ccccc34)nc3ccccc3c2=O)cc1. The molecule has 6 heteroatoms. The summed E-state index contributed by atoms with van der Waals surface area (Å²) < 4.78 is 6.94. The smallest absolute Gasteiger partial charge is 0.266 e. The lowest BCUT2D eigenvalue weighted by molar-refractivity contribution is 0.414. The van der Waals surface area contributed by atoms with E-state index in [1.54, 1.807) is 17.7 Å². The molecule has 180 valence electrons. The van der Waals surface area contributed by atoms with E-state index in [1.165, 1.54) is 0 Å². The molecule has 0 amide bonds. The van der Waals surface area contributed by atoms with Gasteiger partial charge in [0, 0.05) is 21.5 Å². The summed E-state index contributed by atoms with van der Waals surface area (Å²) in [6, 6.07) is 30.7. The van der Waals surface area contributed by atoms with Crippen molar-refractivity contribution in [1.29, 1.82) is 0 Å². The molecule has 0 atom stereocenters. The van der Waals surface area contributed by atoms with E-state index in [4.69, 9.17) is 21.3 Å². The van der Waals surface area contributed by atoms with Crippen LogP contribution in [0.5, 0.6) is 5.75 Å². The summed E-state index contributed by atoms with van der Waals surface area (Å²) >= 11 is 6.14. The number of para-hydroxylation sites is 2. The molecule has 0 saturated carbocycles. The Bertz CT molecular complexity index is 1830. The number of nitrogens with one attached hydrogen (secondary N) is 1. The molecule has 0 bridgehead atoms. The van der Waals surface area contributed by atoms with Gasteiger partial charge in [-0.3, -0.25) is 9.36 Å². The fraction of sp³-hybridized carbons (Fsp3) is 0.0323. The van der Waals surface area contributed by atoms with Crippen molar-refractivity contribution in [2.24, 2.45) is 0 Å². The molecular weight excluding hydrogens is 482 g/mol. The monoisotopic (exact) mass is 503 g/mol. The van der Waals surface area contributed by atoms with Crippen molar-refractivity contribution in [2.45, 2.75) is 0 Å². The standard InChI is InChI=1S/C31H22ClN3O2/c1-37-23-16-14-22(15-17-23)35-29(33-28-9-5-3-7-26(28)31(35)36)19-18-25-24-6-2-4-8-27(24)34-30(25)20-10-12-21(32)13-11-20/h2-19,34H,1H3/b19-18+. The molecule has 6 aromatic rings. The number of rotatable bonds is 5. The predicted octanol–water partition coefficient (Wildman–Crippen LogP) is 7.37. The van der Waals surface area contributed by atoms with Gasteiger partial charge in [-0.25, -0.2) is 4.98 Å². The van der Waals surface area contributed by atoms with Crippen molar-refractivity contribution in [2.75, 3.05) is 7.11 Å². The topological polar surface area (TPSA) is 59.9 Å². The van der Waals surface area contributed by atoms with Gasteiger partial charge in [0.2, 0.25) is 0 Å². The molecule has 0 saturated heterocycles. The molecule has 0 fully saturated rings. The molecule has 37 heavy (non-hydrogen) atoms. The molecule has 0 aliphatic carbocycles. The van der Waals surface area contributed by atoms with Crippen LogP contribution in [0, 0.1) is 0 Å². The van der Waals surface area contributed by atoms with Crippen molar-refractivity contribution in [3.05, 3.63) is 124 Å². The minimum atomic E-state index is -0.132. The molecule has 2 heterocycles. The summed E-state index contributed by atoms with van der Waals surface area (Å²) in [4.78, 5) is 22.0. The highest BCUT2D eigenvalue weighted by Gasteiger charge is 2.14. The van der Waals surface area contributed by atoms with E-state index in [0.29, 0.717) is 33.2 Å². The van der Waals surface area contributed by atoms with Gasteiger partial charge < -0.3 is 9.72 Å². The van der Waals surface area contributed by atoms with Crippen molar-refractivity contribution in [3.63, 3.8) is 0 Å². The molecule has 0 radical (unpaired) electrons. The maximum absolute atomic E-state index is 13.6. The average Bonchev–Trinajstić information content (AvgIpc) is 3.31. The number of ether oxygens (including phenoxy) is 1. The number of hydrogen-bond donors (Lipinski definition) is 1. The number of aromatic amines is 1. The van der Waals surface area contributed by atoms with Gasteiger partial charge in [-0.05, 0) is 72.3 Å². The van der Waals surface area contributed by atoms with E-state index in [9.17, 15) is 4.79 Å². The Kier molecular flexibility index (Phi) is 5.83. The zero-order chi connectivity index (χ0) is 25.4. The summed E-state index contributed by atoms with van der Waals surface area (Å²) in [6.45, 7) is 0. The zero-order valence-corrected chi connectivity index (χ0v) is 20.7. The fourth-order valence-electron chi connectivity index (χ4n) is 4.58. The molecule has 6 rings (SSSR count). The number of benzene rings is 4. The van der Waals surface area contributed by atoms with Crippen LogP contribution >= 0.6 is 11.6 Å². The lowest BCUT2D eigenvalue weighted by Crippen LogP contribution is -2.22. The normalized spacial score (nSPS) is 11.5. The van der Waals surface area contributed by atoms with Crippen LogP contribution in [0.15, 0.2) is 102 Å². The molecule has 5 nitrogen and oxygen atoms in total. The fourth-order valence-corrected chi connectivity index (χ4v) is 4.71. The van der Waals surface area contributed by atoms with E-state index >= 15 is 0 Å². The second kappa shape index (κ2) is 9.45. The van der Waals surface area contributed by atoms with Crippen LogP contribution in [0.3, 0.4) is 0 Å². The van der Waals surface area contributed by atoms with Gasteiger partial charge in [0.15, 0.2) is 0 Å². The molecule has 0 unspecified atom stereocenters. The summed E-state index contributed by atoms with van der Waals surface area (Å²) in [6.07, 6.45) is 3.91. The van der Waals surface area contributed by atoms with Crippen molar-refractivity contribution >= 4 is 45.6 Å². The van der Waals surface area contributed by atoms with Gasteiger partial charge in [0.05, 0.1) is 29.4 Å². The van der Waals surface area contributed by atoms with Crippen LogP contribution < -0.4 is 10.3 Å². The Morgan fingerprint density at radius 3 is 2.30 bits per heavy atom. The van der Waals surface area contributed by atoms with Gasteiger partial charge in [0.1, 0.15) is 11.6 Å². The molecular formula is C31H22ClN3O2. The van der Waals surface area contributed by atoms with Crippen molar-refractivity contribution in [3.8, 4) is 22.7 Å². The Labute approximate surface area is 218 Å². The third-order valence-electron chi connectivity index (χ3n) is 6.41. The number of aromatic nitrogens is 3. The number of H-pyrrole nitrogens is 1. The van der Waals surface area contributed by atoms with Crippen LogP contribution in [-0.4, -0.2) is 21.6 Å². The lowest BCUT2D eigenvalue weighted by atomic mass is 10.0. The zero-order valence-electron chi connectivity index (χ0n) is 20.0. The Morgan fingerprint density at radius 1 is 0.838 bits per heavy atom. The van der Waals surface area contributed by atoms with Crippen molar-refractivity contribution < 1.29 is 4.74 Å². The average molecular weight is 504 g/mol. The van der Waals surface area contributed by atoms with E-state index < -0.39 is 0 Å². The molecule has 0 aliphatic heterocycles. The Hall–Kier alpha value is -4.61. The maximum Gasteiger partial charge on any atom is 0.266 e. The van der Waals surface area contributed by atoms with Crippen LogP contribution in [0.2, 0.25) is 5.02 Å². The minimum absolute atomic E-state index is 0.132. The highest BCUT2D eigenvalue weighted by Crippen LogP contribution is 2.32. The molecule has 1 N–H and O–H groups in total. The molecule has 2 aromatic heterocycles. The van der Waals surface area contributed by atoms with Gasteiger partial charge in [-0.2, -0.15) is 0 Å². The van der Waals surface area contributed by atoms with E-state index in [2.05, 4.69) is 11.1 Å². The third kappa shape index (κ3) is 4.20. The first kappa shape index (κ1) is 22.8. The van der Waals surface area contributed by atoms with Crippen LogP contribution in [0.25, 0.3) is 50.9 Å². The van der Waals surface area contributed by atoms with Crippen LogP contribution in [0.1, 0.15) is 11.4 Å². The largest absolute Gasteiger partial charge is 0.497 e. The first-order valence-corrected chi connectivity index (χ1v) is 12.2. The highest BCUT2D eigenvalue weighted by atomic mass is 35.5. The van der Waals surface area contributed by atoms with Gasteiger partial charge in [-0.15, -0.1) is 0 Å². The number of fused-ring (bicyclic) bond motifs is 2. The minimum Gasteiger partial charge on any atom is -0.497 e. The summed E-state index contributed by atoms with van der Waals surface area (Å²) in [5.41, 5.74) is 5.22. The van der Waals surface area contributed by atoms with Crippen LogP contribution in [-0.2, 0) is 0 Å². The Balaban J connectivity index is 1.56. The molecule has 0 aliphatic rings. The second-order valence-electron chi connectivity index (χ2n) is 8.63. The van der Waals surface area contributed by atoms with E-state index in [-0.39, 0.29) is 5.56 Å². The summed E-state index contributed by atoms with van der Waals surface area (Å²) in [5.74, 6) is 1.25. The number of halogens is 1. The Morgan fingerprint density at radius 2 is 1.54 bits per heavy atom. The number of methoxy groups -OCH3 is 1. The maximum atomic E-state index is 13.6. The van der Waals surface area contributed by atoms with Crippen molar-refractivity contribution in [1.82, 2.24) is 14.5 Å². The number of nitrogens with zero attached hydrogens (tertiary/aromatic N) is 2. The van der Waals surface area contributed by atoms with E-state index in [1.807, 2.05) is 97.1 Å². The van der Waals surface area contributed by atoms with Gasteiger partial charge >= 0.3 is 0 Å². The quantitative estimate of drug-likeness (QED) is 0.267. The van der Waals surface area contributed by atoms with Crippen LogP contribution in [0.4, 0.5) is 0 Å². The van der Waals surface area contributed by atoms with E-state index in [0.717, 1.165) is 27.7 Å². The first-order valence-electron chi connectivity index (χ1n) is 11.8. The highest BCUT2D eigenvalue weighted by molar-refractivity contribution is 6.30. The molecule has 4 aromatic carbocycles. The summed E-state index contributed by atoms with van der Waals surface area (Å²) in [5, 5.41) is 2.31. The first-order chi connectivity index (χ1) is 18.1. The van der Waals surface area contributed by atoms with Gasteiger partial charge in [-0.1, -0.05) is 54.1 Å². The molecule has 0 spiro atoms. The van der Waals surface area contributed by atoms with Gasteiger partial charge in [0.25, 0.3) is 5.56 Å². The number of hydrogen-bond acceptors (Lipinski definition) is 3. The summed E-state index contributed by atoms with van der Waals surface area (Å²) in [7, 11) is 1.62.